The highest BCUT2D eigenvalue weighted by molar-refractivity contribution is 5.89. The van der Waals surface area contributed by atoms with Gasteiger partial charge in [-0.3, -0.25) is 4.68 Å². The fourth-order valence-electron chi connectivity index (χ4n) is 1.95. The van der Waals surface area contributed by atoms with E-state index in [1.54, 1.807) is 6.20 Å². The quantitative estimate of drug-likeness (QED) is 0.684. The predicted molar refractivity (Wildman–Crippen MR) is 79.8 cm³/mol. The fraction of sp³-hybridized carbons (Fsp3) is 0.714. The van der Waals surface area contributed by atoms with Crippen LogP contribution in [0.1, 0.15) is 45.2 Å². The Morgan fingerprint density at radius 1 is 1.50 bits per heavy atom. The average molecular weight is 282 g/mol. The molecule has 0 aliphatic carbocycles. The van der Waals surface area contributed by atoms with E-state index in [2.05, 4.69) is 22.7 Å². The van der Waals surface area contributed by atoms with E-state index in [9.17, 15) is 4.79 Å². The summed E-state index contributed by atoms with van der Waals surface area (Å²) >= 11 is 0. The van der Waals surface area contributed by atoms with Gasteiger partial charge in [0.05, 0.1) is 17.6 Å². The van der Waals surface area contributed by atoms with Gasteiger partial charge >= 0.3 is 6.03 Å². The minimum absolute atomic E-state index is 0.0394. The first kappa shape index (κ1) is 16.5. The van der Waals surface area contributed by atoms with Crippen molar-refractivity contribution in [2.45, 2.75) is 59.0 Å². The molecule has 0 aliphatic rings. The van der Waals surface area contributed by atoms with Gasteiger partial charge in [0, 0.05) is 19.2 Å². The number of aromatic nitrogens is 2. The Morgan fingerprint density at radius 2 is 2.25 bits per heavy atom. The molecule has 0 bridgehead atoms. The Morgan fingerprint density at radius 3 is 2.90 bits per heavy atom. The first-order valence-corrected chi connectivity index (χ1v) is 7.29. The second-order valence-electron chi connectivity index (χ2n) is 5.09. The number of aryl methyl sites for hydroxylation is 1. The van der Waals surface area contributed by atoms with Crippen LogP contribution in [0, 0.1) is 6.92 Å². The van der Waals surface area contributed by atoms with Gasteiger partial charge in [0.2, 0.25) is 0 Å². The van der Waals surface area contributed by atoms with Crippen LogP contribution in [0.4, 0.5) is 10.5 Å². The smallest absolute Gasteiger partial charge is 0.319 e. The van der Waals surface area contributed by atoms with Crippen molar-refractivity contribution in [2.75, 3.05) is 11.9 Å². The zero-order valence-corrected chi connectivity index (χ0v) is 12.6. The van der Waals surface area contributed by atoms with E-state index >= 15 is 0 Å². The molecule has 1 aromatic rings. The minimum Gasteiger partial charge on any atom is -0.396 e. The summed E-state index contributed by atoms with van der Waals surface area (Å²) in [6.45, 7) is 7.04. The van der Waals surface area contributed by atoms with Gasteiger partial charge in [0.25, 0.3) is 0 Å². The Labute approximate surface area is 120 Å². The molecule has 3 N–H and O–H groups in total. The monoisotopic (exact) mass is 282 g/mol. The lowest BCUT2D eigenvalue weighted by atomic mass is 10.2. The summed E-state index contributed by atoms with van der Waals surface area (Å²) in [5.74, 6) is 0. The van der Waals surface area contributed by atoms with Crippen LogP contribution in [0.2, 0.25) is 0 Å². The molecule has 1 rings (SSSR count). The van der Waals surface area contributed by atoms with Gasteiger partial charge in [0.15, 0.2) is 0 Å². The molecule has 0 fully saturated rings. The maximum Gasteiger partial charge on any atom is 0.319 e. The van der Waals surface area contributed by atoms with Crippen molar-refractivity contribution in [1.82, 2.24) is 15.1 Å². The standard InChI is InChI=1S/C14H26N4O2/c1-4-5-8-18-12(3)13(10-15-18)17-14(20)16-11(2)7-6-9-19/h10-11,19H,4-9H2,1-3H3,(H2,16,17,20). The molecule has 0 aromatic carbocycles. The van der Waals surface area contributed by atoms with Crippen LogP contribution in [-0.4, -0.2) is 33.6 Å². The molecule has 6 nitrogen and oxygen atoms in total. The van der Waals surface area contributed by atoms with Crippen molar-refractivity contribution >= 4 is 11.7 Å². The van der Waals surface area contributed by atoms with Crippen molar-refractivity contribution in [3.8, 4) is 0 Å². The molecule has 20 heavy (non-hydrogen) atoms. The summed E-state index contributed by atoms with van der Waals surface area (Å²) in [6, 6.07) is -0.189. The number of hydrogen-bond donors (Lipinski definition) is 3. The lowest BCUT2D eigenvalue weighted by Crippen LogP contribution is -2.36. The van der Waals surface area contributed by atoms with Crippen molar-refractivity contribution in [2.24, 2.45) is 0 Å². The molecule has 0 saturated carbocycles. The van der Waals surface area contributed by atoms with Gasteiger partial charge < -0.3 is 15.7 Å². The number of aliphatic hydroxyl groups is 1. The highest BCUT2D eigenvalue weighted by Crippen LogP contribution is 2.14. The number of anilines is 1. The van der Waals surface area contributed by atoms with Crippen LogP contribution in [-0.2, 0) is 6.54 Å². The zero-order valence-electron chi connectivity index (χ0n) is 12.6. The van der Waals surface area contributed by atoms with Crippen molar-refractivity contribution < 1.29 is 9.90 Å². The van der Waals surface area contributed by atoms with E-state index in [0.717, 1.165) is 37.2 Å². The van der Waals surface area contributed by atoms with Gasteiger partial charge in [0.1, 0.15) is 0 Å². The number of carbonyl (C=O) groups excluding carboxylic acids is 1. The Balaban J connectivity index is 2.47. The predicted octanol–water partition coefficient (Wildman–Crippen LogP) is 2.27. The molecule has 0 aliphatic heterocycles. The van der Waals surface area contributed by atoms with Gasteiger partial charge in [-0.05, 0) is 33.1 Å². The van der Waals surface area contributed by atoms with Crippen LogP contribution in [0.25, 0.3) is 0 Å². The Hall–Kier alpha value is -1.56. The highest BCUT2D eigenvalue weighted by atomic mass is 16.3. The third-order valence-electron chi connectivity index (χ3n) is 3.25. The number of amides is 2. The molecule has 1 atom stereocenters. The Kier molecular flexibility index (Phi) is 7.08. The van der Waals surface area contributed by atoms with E-state index < -0.39 is 0 Å². The molecular formula is C14H26N4O2. The van der Waals surface area contributed by atoms with E-state index in [4.69, 9.17) is 5.11 Å². The van der Waals surface area contributed by atoms with Crippen molar-refractivity contribution in [1.29, 1.82) is 0 Å². The lowest BCUT2D eigenvalue weighted by Gasteiger charge is -2.14. The summed E-state index contributed by atoms with van der Waals surface area (Å²) < 4.78 is 1.91. The molecule has 0 spiro atoms. The number of aliphatic hydroxyl groups excluding tert-OH is 1. The van der Waals surface area contributed by atoms with Crippen molar-refractivity contribution in [3.63, 3.8) is 0 Å². The highest BCUT2D eigenvalue weighted by Gasteiger charge is 2.11. The first-order chi connectivity index (χ1) is 9.58. The Bertz CT molecular complexity index is 417. The maximum atomic E-state index is 11.8. The van der Waals surface area contributed by atoms with Crippen LogP contribution >= 0.6 is 0 Å². The minimum atomic E-state index is -0.228. The number of rotatable bonds is 8. The summed E-state index contributed by atoms with van der Waals surface area (Å²) in [6.07, 6.45) is 5.33. The molecule has 0 saturated heterocycles. The number of urea groups is 1. The summed E-state index contributed by atoms with van der Waals surface area (Å²) in [5, 5.41) is 18.7. The second kappa shape index (κ2) is 8.58. The lowest BCUT2D eigenvalue weighted by molar-refractivity contribution is 0.245. The zero-order chi connectivity index (χ0) is 15.0. The largest absolute Gasteiger partial charge is 0.396 e. The van der Waals surface area contributed by atoms with E-state index in [-0.39, 0.29) is 18.7 Å². The fourth-order valence-corrected chi connectivity index (χ4v) is 1.95. The maximum absolute atomic E-state index is 11.8. The van der Waals surface area contributed by atoms with Crippen LogP contribution in [0.5, 0.6) is 0 Å². The number of hydrogen-bond acceptors (Lipinski definition) is 3. The van der Waals surface area contributed by atoms with Gasteiger partial charge in [-0.25, -0.2) is 4.79 Å². The second-order valence-corrected chi connectivity index (χ2v) is 5.09. The third kappa shape index (κ3) is 5.21. The summed E-state index contributed by atoms with van der Waals surface area (Å²) in [7, 11) is 0. The number of nitrogens with one attached hydrogen (secondary N) is 2. The van der Waals surface area contributed by atoms with E-state index in [1.807, 2.05) is 18.5 Å². The first-order valence-electron chi connectivity index (χ1n) is 7.29. The SMILES string of the molecule is CCCCn1ncc(NC(=O)NC(C)CCCO)c1C. The molecule has 114 valence electrons. The average Bonchev–Trinajstić information content (AvgIpc) is 2.75. The van der Waals surface area contributed by atoms with Gasteiger partial charge in [-0.1, -0.05) is 13.3 Å². The molecule has 6 heteroatoms. The third-order valence-corrected chi connectivity index (χ3v) is 3.25. The summed E-state index contributed by atoms with van der Waals surface area (Å²) in [4.78, 5) is 11.8. The molecule has 0 radical (unpaired) electrons. The number of unbranched alkanes of at least 4 members (excludes halogenated alkanes) is 1. The van der Waals surface area contributed by atoms with Crippen LogP contribution < -0.4 is 10.6 Å². The van der Waals surface area contributed by atoms with Crippen molar-refractivity contribution in [3.05, 3.63) is 11.9 Å². The summed E-state index contributed by atoms with van der Waals surface area (Å²) in [5.41, 5.74) is 1.71. The van der Waals surface area contributed by atoms with E-state index in [1.165, 1.54) is 0 Å². The molecule has 1 unspecified atom stereocenters. The topological polar surface area (TPSA) is 79.2 Å². The normalized spacial score (nSPS) is 12.2. The van der Waals surface area contributed by atoms with Gasteiger partial charge in [-0.2, -0.15) is 5.10 Å². The van der Waals surface area contributed by atoms with Crippen LogP contribution in [0.3, 0.4) is 0 Å². The van der Waals surface area contributed by atoms with E-state index in [0.29, 0.717) is 6.42 Å². The molecular weight excluding hydrogens is 256 g/mol. The molecule has 1 aromatic heterocycles. The molecule has 2 amide bonds. The molecule has 1 heterocycles. The number of carbonyl (C=O) groups is 1. The van der Waals surface area contributed by atoms with Crippen LogP contribution in [0.15, 0.2) is 6.20 Å². The number of nitrogens with zero attached hydrogens (tertiary/aromatic N) is 2. The van der Waals surface area contributed by atoms with Gasteiger partial charge in [-0.15, -0.1) is 0 Å².